The first-order valence-electron chi connectivity index (χ1n) is 11.3. The maximum Gasteiger partial charge on any atom is 0.328 e. The van der Waals surface area contributed by atoms with Gasteiger partial charge in [-0.1, -0.05) is 6.07 Å². The maximum absolute atomic E-state index is 12.4. The average molecular weight is 410 g/mol. The maximum atomic E-state index is 12.4. The molecule has 1 atom stereocenters. The van der Waals surface area contributed by atoms with Gasteiger partial charge in [0.25, 0.3) is 0 Å². The van der Waals surface area contributed by atoms with Crippen LogP contribution in [0.5, 0.6) is 0 Å². The van der Waals surface area contributed by atoms with E-state index in [9.17, 15) is 9.59 Å². The van der Waals surface area contributed by atoms with E-state index < -0.39 is 0 Å². The molecule has 2 N–H and O–H groups in total. The van der Waals surface area contributed by atoms with Gasteiger partial charge in [0.15, 0.2) is 0 Å². The fourth-order valence-corrected chi connectivity index (χ4v) is 5.37. The Balaban J connectivity index is 1.36. The van der Waals surface area contributed by atoms with Crippen molar-refractivity contribution in [2.75, 3.05) is 44.2 Å². The van der Waals surface area contributed by atoms with Crippen LogP contribution in [0.3, 0.4) is 0 Å². The molecule has 3 amide bonds. The third-order valence-corrected chi connectivity index (χ3v) is 6.93. The number of hydrogen-bond acceptors (Lipinski definition) is 4. The predicted octanol–water partition coefficient (Wildman–Crippen LogP) is 2.72. The molecule has 160 valence electrons. The second-order valence-corrected chi connectivity index (χ2v) is 8.94. The van der Waals surface area contributed by atoms with Crippen LogP contribution in [0.15, 0.2) is 30.5 Å². The van der Waals surface area contributed by atoms with Gasteiger partial charge < -0.3 is 14.8 Å². The van der Waals surface area contributed by atoms with Gasteiger partial charge in [0.05, 0.1) is 11.2 Å². The first-order valence-corrected chi connectivity index (χ1v) is 11.3. The first kappa shape index (κ1) is 19.6. The standard InChI is InChI=1S/C23H31N5O2/c29-22-9-14-28(23(30)25-22)21-5-1-4-20-19(21)8-13-27(20)18-3-2-12-26(16-18)15-17-6-10-24-11-7-17/h1,4-5,8,13,17-18,24H,2-3,6-7,9-12,14-16H2,(H,25,29,30)/t18-/m0/s1. The molecule has 7 nitrogen and oxygen atoms in total. The summed E-state index contributed by atoms with van der Waals surface area (Å²) in [6.45, 7) is 6.25. The molecule has 3 fully saturated rings. The van der Waals surface area contributed by atoms with E-state index >= 15 is 0 Å². The van der Waals surface area contributed by atoms with Gasteiger partial charge in [-0.15, -0.1) is 0 Å². The number of fused-ring (bicyclic) bond motifs is 1. The molecule has 0 radical (unpaired) electrons. The van der Waals surface area contributed by atoms with Gasteiger partial charge in [-0.3, -0.25) is 15.0 Å². The molecule has 30 heavy (non-hydrogen) atoms. The molecule has 0 aliphatic carbocycles. The number of rotatable bonds is 4. The number of imide groups is 1. The summed E-state index contributed by atoms with van der Waals surface area (Å²) < 4.78 is 2.40. The highest BCUT2D eigenvalue weighted by atomic mass is 16.2. The van der Waals surface area contributed by atoms with Crippen LogP contribution in [0.1, 0.15) is 38.1 Å². The fraction of sp³-hybridized carbons (Fsp3) is 0.565. The van der Waals surface area contributed by atoms with Crippen molar-refractivity contribution in [3.63, 3.8) is 0 Å². The van der Waals surface area contributed by atoms with Crippen molar-refractivity contribution in [1.29, 1.82) is 0 Å². The van der Waals surface area contributed by atoms with Crippen molar-refractivity contribution in [2.24, 2.45) is 5.92 Å². The molecule has 0 spiro atoms. The number of anilines is 1. The van der Waals surface area contributed by atoms with Crippen LogP contribution < -0.4 is 15.5 Å². The predicted molar refractivity (Wildman–Crippen MR) is 118 cm³/mol. The molecule has 7 heteroatoms. The number of carbonyl (C=O) groups is 2. The summed E-state index contributed by atoms with van der Waals surface area (Å²) in [5.41, 5.74) is 2.06. The lowest BCUT2D eigenvalue weighted by Crippen LogP contribution is -2.49. The van der Waals surface area contributed by atoms with E-state index in [1.807, 2.05) is 12.1 Å². The lowest BCUT2D eigenvalue weighted by molar-refractivity contribution is -0.120. The highest BCUT2D eigenvalue weighted by Crippen LogP contribution is 2.33. The molecule has 0 saturated carbocycles. The van der Waals surface area contributed by atoms with Gasteiger partial charge in [0, 0.05) is 43.7 Å². The summed E-state index contributed by atoms with van der Waals surface area (Å²) in [6, 6.07) is 8.42. The molecule has 3 aliphatic rings. The third kappa shape index (κ3) is 3.84. The number of aromatic nitrogens is 1. The molecule has 1 aromatic carbocycles. The van der Waals surface area contributed by atoms with Crippen LogP contribution in [0.4, 0.5) is 10.5 Å². The largest absolute Gasteiger partial charge is 0.343 e. The minimum Gasteiger partial charge on any atom is -0.343 e. The van der Waals surface area contributed by atoms with Gasteiger partial charge in [0.2, 0.25) is 5.91 Å². The number of piperidine rings is 2. The smallest absolute Gasteiger partial charge is 0.328 e. The molecule has 3 saturated heterocycles. The fourth-order valence-electron chi connectivity index (χ4n) is 5.37. The van der Waals surface area contributed by atoms with Gasteiger partial charge in [0.1, 0.15) is 0 Å². The minimum absolute atomic E-state index is 0.197. The molecule has 1 aromatic heterocycles. The second kappa shape index (κ2) is 8.40. The molecule has 4 heterocycles. The Morgan fingerprint density at radius 2 is 1.90 bits per heavy atom. The summed E-state index contributed by atoms with van der Waals surface area (Å²) >= 11 is 0. The van der Waals surface area contributed by atoms with E-state index in [1.54, 1.807) is 4.90 Å². The minimum atomic E-state index is -0.322. The van der Waals surface area contributed by atoms with Crippen molar-refractivity contribution >= 4 is 28.5 Å². The SMILES string of the molecule is O=C1CCN(c2cccc3c2ccn3[C@H]2CCCN(CC3CCNCC3)C2)C(=O)N1. The molecule has 0 bridgehead atoms. The summed E-state index contributed by atoms with van der Waals surface area (Å²) in [7, 11) is 0. The van der Waals surface area contributed by atoms with Gasteiger partial charge in [-0.2, -0.15) is 0 Å². The molecule has 5 rings (SSSR count). The van der Waals surface area contributed by atoms with Crippen molar-refractivity contribution in [2.45, 2.75) is 38.1 Å². The number of nitrogens with one attached hydrogen (secondary N) is 2. The Morgan fingerprint density at radius 3 is 2.73 bits per heavy atom. The third-order valence-electron chi connectivity index (χ3n) is 6.93. The van der Waals surface area contributed by atoms with E-state index in [1.165, 1.54) is 44.3 Å². The Kier molecular flexibility index (Phi) is 5.48. The zero-order valence-corrected chi connectivity index (χ0v) is 17.5. The highest BCUT2D eigenvalue weighted by molar-refractivity contribution is 6.09. The number of carbonyl (C=O) groups excluding carboxylic acids is 2. The Bertz CT molecular complexity index is 933. The monoisotopic (exact) mass is 409 g/mol. The van der Waals surface area contributed by atoms with Crippen molar-refractivity contribution in [1.82, 2.24) is 20.1 Å². The molecule has 2 aromatic rings. The number of urea groups is 1. The summed E-state index contributed by atoms with van der Waals surface area (Å²) in [5, 5.41) is 6.99. The normalized spacial score (nSPS) is 24.4. The van der Waals surface area contributed by atoms with E-state index in [4.69, 9.17) is 0 Å². The number of amides is 3. The van der Waals surface area contributed by atoms with E-state index in [0.29, 0.717) is 19.0 Å². The van der Waals surface area contributed by atoms with Crippen molar-refractivity contribution < 1.29 is 9.59 Å². The van der Waals surface area contributed by atoms with Crippen LogP contribution in [0.25, 0.3) is 10.9 Å². The lowest BCUT2D eigenvalue weighted by Gasteiger charge is -2.37. The van der Waals surface area contributed by atoms with Crippen molar-refractivity contribution in [3.8, 4) is 0 Å². The second-order valence-electron chi connectivity index (χ2n) is 8.94. The zero-order valence-electron chi connectivity index (χ0n) is 17.5. The van der Waals surface area contributed by atoms with Gasteiger partial charge in [-0.05, 0) is 69.4 Å². The topological polar surface area (TPSA) is 69.6 Å². The summed E-state index contributed by atoms with van der Waals surface area (Å²) in [5.74, 6) is 0.621. The molecule has 3 aliphatic heterocycles. The number of hydrogen-bond donors (Lipinski definition) is 2. The van der Waals surface area contributed by atoms with Crippen LogP contribution in [0.2, 0.25) is 0 Å². The van der Waals surface area contributed by atoms with Crippen LogP contribution >= 0.6 is 0 Å². The van der Waals surface area contributed by atoms with Crippen LogP contribution in [-0.4, -0.2) is 60.7 Å². The number of benzene rings is 1. The Morgan fingerprint density at radius 1 is 1.03 bits per heavy atom. The summed E-state index contributed by atoms with van der Waals surface area (Å²) in [4.78, 5) is 28.2. The van der Waals surface area contributed by atoms with Crippen molar-refractivity contribution in [3.05, 3.63) is 30.5 Å². The Labute approximate surface area is 177 Å². The lowest BCUT2D eigenvalue weighted by atomic mass is 9.96. The van der Waals surface area contributed by atoms with E-state index in [2.05, 4.69) is 38.4 Å². The summed E-state index contributed by atoms with van der Waals surface area (Å²) in [6.07, 6.45) is 7.52. The highest BCUT2D eigenvalue weighted by Gasteiger charge is 2.28. The molecular weight excluding hydrogens is 378 g/mol. The Hall–Kier alpha value is -2.38. The quantitative estimate of drug-likeness (QED) is 0.815. The van der Waals surface area contributed by atoms with E-state index in [0.717, 1.165) is 36.6 Å². The molecule has 0 unspecified atom stereocenters. The average Bonchev–Trinajstić information content (AvgIpc) is 3.19. The number of likely N-dealkylation sites (tertiary alicyclic amines) is 1. The van der Waals surface area contributed by atoms with Crippen LogP contribution in [0, 0.1) is 5.92 Å². The first-order chi connectivity index (χ1) is 14.7. The van der Waals surface area contributed by atoms with Gasteiger partial charge in [-0.25, -0.2) is 4.79 Å². The van der Waals surface area contributed by atoms with E-state index in [-0.39, 0.29) is 11.9 Å². The zero-order chi connectivity index (χ0) is 20.5. The van der Waals surface area contributed by atoms with Crippen LogP contribution in [-0.2, 0) is 4.79 Å². The molecular formula is C23H31N5O2. The number of nitrogens with zero attached hydrogens (tertiary/aromatic N) is 3. The van der Waals surface area contributed by atoms with Gasteiger partial charge >= 0.3 is 6.03 Å².